The highest BCUT2D eigenvalue weighted by atomic mass is 16.2. The molecule has 5 heteroatoms. The lowest BCUT2D eigenvalue weighted by molar-refractivity contribution is -0.138. The predicted molar refractivity (Wildman–Crippen MR) is 67.8 cm³/mol. The van der Waals surface area contributed by atoms with E-state index in [1.165, 1.54) is 0 Å². The standard InChI is InChI=1S/C13H20N4O/c1-8-10(7-16(2)15-8)13-11(14)5-6-12(18)17(13)9-3-4-9/h7,9,11,13H,3-6,14H2,1-2H3. The Morgan fingerprint density at radius 3 is 2.67 bits per heavy atom. The average Bonchev–Trinajstić information content (AvgIpc) is 3.08. The fourth-order valence-corrected chi connectivity index (χ4v) is 3.01. The molecule has 98 valence electrons. The molecule has 0 radical (unpaired) electrons. The van der Waals surface area contributed by atoms with Crippen molar-refractivity contribution < 1.29 is 4.79 Å². The monoisotopic (exact) mass is 248 g/mol. The van der Waals surface area contributed by atoms with Crippen molar-refractivity contribution in [2.24, 2.45) is 12.8 Å². The summed E-state index contributed by atoms with van der Waals surface area (Å²) in [7, 11) is 1.91. The number of carbonyl (C=O) groups is 1. The van der Waals surface area contributed by atoms with Crippen LogP contribution in [0.4, 0.5) is 0 Å². The molecule has 2 aliphatic rings. The zero-order valence-electron chi connectivity index (χ0n) is 11.0. The van der Waals surface area contributed by atoms with Crippen LogP contribution in [-0.2, 0) is 11.8 Å². The number of aryl methyl sites for hydroxylation is 2. The van der Waals surface area contributed by atoms with Crippen LogP contribution >= 0.6 is 0 Å². The average molecular weight is 248 g/mol. The Morgan fingerprint density at radius 1 is 1.39 bits per heavy atom. The van der Waals surface area contributed by atoms with E-state index in [9.17, 15) is 4.79 Å². The van der Waals surface area contributed by atoms with E-state index in [1.54, 1.807) is 0 Å². The van der Waals surface area contributed by atoms with E-state index in [0.29, 0.717) is 12.5 Å². The van der Waals surface area contributed by atoms with Gasteiger partial charge in [-0.25, -0.2) is 0 Å². The minimum atomic E-state index is 0.0208. The molecule has 2 fully saturated rings. The second-order valence-electron chi connectivity index (χ2n) is 5.52. The van der Waals surface area contributed by atoms with Gasteiger partial charge >= 0.3 is 0 Å². The third kappa shape index (κ3) is 1.82. The van der Waals surface area contributed by atoms with Crippen LogP contribution in [-0.4, -0.2) is 32.7 Å². The molecule has 0 bridgehead atoms. The smallest absolute Gasteiger partial charge is 0.223 e. The molecular weight excluding hydrogens is 228 g/mol. The van der Waals surface area contributed by atoms with E-state index in [-0.39, 0.29) is 18.0 Å². The summed E-state index contributed by atoms with van der Waals surface area (Å²) in [6.45, 7) is 1.99. The number of hydrogen-bond acceptors (Lipinski definition) is 3. The number of piperidine rings is 1. The van der Waals surface area contributed by atoms with E-state index < -0.39 is 0 Å². The minimum absolute atomic E-state index is 0.0208. The summed E-state index contributed by atoms with van der Waals surface area (Å²) in [5.41, 5.74) is 8.38. The Bertz CT molecular complexity index is 477. The number of hydrogen-bond donors (Lipinski definition) is 1. The van der Waals surface area contributed by atoms with Gasteiger partial charge in [-0.15, -0.1) is 0 Å². The van der Waals surface area contributed by atoms with Crippen LogP contribution in [0.2, 0.25) is 0 Å². The van der Waals surface area contributed by atoms with Crippen LogP contribution < -0.4 is 5.73 Å². The van der Waals surface area contributed by atoms with Gasteiger partial charge in [-0.2, -0.15) is 5.10 Å². The highest BCUT2D eigenvalue weighted by Crippen LogP contribution is 2.40. The maximum Gasteiger partial charge on any atom is 0.223 e. The lowest BCUT2D eigenvalue weighted by Gasteiger charge is -2.40. The van der Waals surface area contributed by atoms with Crippen molar-refractivity contribution in [1.29, 1.82) is 0 Å². The molecule has 0 spiro atoms. The lowest BCUT2D eigenvalue weighted by atomic mass is 9.90. The van der Waals surface area contributed by atoms with Gasteiger partial charge in [-0.05, 0) is 26.2 Å². The van der Waals surface area contributed by atoms with Gasteiger partial charge in [0.1, 0.15) is 0 Å². The summed E-state index contributed by atoms with van der Waals surface area (Å²) >= 11 is 0. The van der Waals surface area contributed by atoms with E-state index in [2.05, 4.69) is 5.10 Å². The molecule has 2 atom stereocenters. The quantitative estimate of drug-likeness (QED) is 0.845. The Morgan fingerprint density at radius 2 is 2.11 bits per heavy atom. The maximum atomic E-state index is 12.2. The van der Waals surface area contributed by atoms with Crippen LogP contribution in [0.25, 0.3) is 0 Å². The van der Waals surface area contributed by atoms with Crippen molar-refractivity contribution in [1.82, 2.24) is 14.7 Å². The van der Waals surface area contributed by atoms with Crippen molar-refractivity contribution in [3.05, 3.63) is 17.5 Å². The molecule has 2 N–H and O–H groups in total. The molecule has 2 unspecified atom stereocenters. The Balaban J connectivity index is 1.99. The molecule has 2 heterocycles. The zero-order chi connectivity index (χ0) is 12.9. The second-order valence-corrected chi connectivity index (χ2v) is 5.52. The Kier molecular flexibility index (Phi) is 2.66. The van der Waals surface area contributed by atoms with Crippen molar-refractivity contribution in [2.75, 3.05) is 0 Å². The number of rotatable bonds is 2. The molecule has 1 aromatic rings. The van der Waals surface area contributed by atoms with Gasteiger partial charge < -0.3 is 10.6 Å². The molecule has 5 nitrogen and oxygen atoms in total. The molecule has 1 saturated heterocycles. The third-order valence-electron chi connectivity index (χ3n) is 4.00. The van der Waals surface area contributed by atoms with Gasteiger partial charge in [-0.1, -0.05) is 0 Å². The number of amides is 1. The highest BCUT2D eigenvalue weighted by molar-refractivity contribution is 5.78. The first kappa shape index (κ1) is 11.7. The normalized spacial score (nSPS) is 28.8. The van der Waals surface area contributed by atoms with Gasteiger partial charge in [0, 0.05) is 37.3 Å². The van der Waals surface area contributed by atoms with Crippen LogP contribution in [0.15, 0.2) is 6.20 Å². The first-order valence-corrected chi connectivity index (χ1v) is 6.65. The molecule has 1 aliphatic carbocycles. The largest absolute Gasteiger partial charge is 0.331 e. The zero-order valence-corrected chi connectivity index (χ0v) is 11.0. The second kappa shape index (κ2) is 4.09. The Labute approximate surface area is 107 Å². The van der Waals surface area contributed by atoms with Crippen LogP contribution in [0.5, 0.6) is 0 Å². The van der Waals surface area contributed by atoms with E-state index >= 15 is 0 Å². The first-order chi connectivity index (χ1) is 8.58. The Hall–Kier alpha value is -1.36. The van der Waals surface area contributed by atoms with Gasteiger partial charge in [0.25, 0.3) is 0 Å². The number of nitrogens with zero attached hydrogens (tertiary/aromatic N) is 3. The summed E-state index contributed by atoms with van der Waals surface area (Å²) in [4.78, 5) is 14.2. The summed E-state index contributed by atoms with van der Waals surface area (Å²) in [6, 6.07) is 0.465. The highest BCUT2D eigenvalue weighted by Gasteiger charge is 2.43. The van der Waals surface area contributed by atoms with Crippen molar-refractivity contribution >= 4 is 5.91 Å². The van der Waals surface area contributed by atoms with Crippen LogP contribution in [0.3, 0.4) is 0 Å². The summed E-state index contributed by atoms with van der Waals surface area (Å²) in [5.74, 6) is 0.257. The number of aromatic nitrogens is 2. The van der Waals surface area contributed by atoms with Crippen LogP contribution in [0, 0.1) is 6.92 Å². The minimum Gasteiger partial charge on any atom is -0.331 e. The summed E-state index contributed by atoms with van der Waals surface area (Å²) < 4.78 is 1.81. The van der Waals surface area contributed by atoms with Gasteiger partial charge in [-0.3, -0.25) is 9.48 Å². The van der Waals surface area contributed by atoms with E-state index in [1.807, 2.05) is 29.7 Å². The number of likely N-dealkylation sites (tertiary alicyclic amines) is 1. The SMILES string of the molecule is Cc1nn(C)cc1C1C(N)CCC(=O)N1C1CC1. The fraction of sp³-hybridized carbons (Fsp3) is 0.692. The van der Waals surface area contributed by atoms with Crippen molar-refractivity contribution in [3.8, 4) is 0 Å². The first-order valence-electron chi connectivity index (χ1n) is 6.65. The van der Waals surface area contributed by atoms with Crippen molar-refractivity contribution in [2.45, 2.75) is 50.7 Å². The maximum absolute atomic E-state index is 12.2. The molecule has 1 amide bonds. The molecule has 1 saturated carbocycles. The molecule has 0 aromatic carbocycles. The fourth-order valence-electron chi connectivity index (χ4n) is 3.01. The lowest BCUT2D eigenvalue weighted by Crippen LogP contribution is -2.49. The van der Waals surface area contributed by atoms with Gasteiger partial charge in [0.05, 0.1) is 11.7 Å². The summed E-state index contributed by atoms with van der Waals surface area (Å²) in [5, 5.41) is 4.38. The van der Waals surface area contributed by atoms with E-state index in [0.717, 1.165) is 30.5 Å². The molecule has 1 aromatic heterocycles. The van der Waals surface area contributed by atoms with E-state index in [4.69, 9.17) is 5.73 Å². The van der Waals surface area contributed by atoms with Crippen LogP contribution in [0.1, 0.15) is 43.0 Å². The molecule has 18 heavy (non-hydrogen) atoms. The van der Waals surface area contributed by atoms with Crippen molar-refractivity contribution in [3.63, 3.8) is 0 Å². The number of nitrogens with two attached hydrogens (primary N) is 1. The topological polar surface area (TPSA) is 64.2 Å². The molecular formula is C13H20N4O. The molecule has 1 aliphatic heterocycles. The molecule has 3 rings (SSSR count). The van der Waals surface area contributed by atoms with Gasteiger partial charge in [0.2, 0.25) is 5.91 Å². The van der Waals surface area contributed by atoms with Gasteiger partial charge in [0.15, 0.2) is 0 Å². The number of carbonyl (C=O) groups excluding carboxylic acids is 1. The summed E-state index contributed by atoms with van der Waals surface area (Å²) in [6.07, 6.45) is 5.62. The predicted octanol–water partition coefficient (Wildman–Crippen LogP) is 0.882. The third-order valence-corrected chi connectivity index (χ3v) is 4.00.